The lowest BCUT2D eigenvalue weighted by Gasteiger charge is -1.97. The minimum atomic E-state index is -1.03. The van der Waals surface area contributed by atoms with Crippen molar-refractivity contribution in [2.45, 2.75) is 0 Å². The van der Waals surface area contributed by atoms with Crippen molar-refractivity contribution in [1.82, 2.24) is 10.2 Å². The molecule has 2 amide bonds. The van der Waals surface area contributed by atoms with Crippen LogP contribution in [0.3, 0.4) is 0 Å². The molecule has 1 heterocycles. The van der Waals surface area contributed by atoms with Gasteiger partial charge in [-0.15, -0.1) is 0 Å². The number of urea groups is 1. The number of carboxylic acid groups (broad SMARTS) is 1. The van der Waals surface area contributed by atoms with Crippen molar-refractivity contribution >= 4 is 28.7 Å². The molecule has 5 N–H and O–H groups in total. The van der Waals surface area contributed by atoms with E-state index in [0.717, 1.165) is 0 Å². The van der Waals surface area contributed by atoms with E-state index in [1.165, 1.54) is 12.1 Å². The van der Waals surface area contributed by atoms with Crippen LogP contribution in [0.2, 0.25) is 0 Å². The number of benzene rings is 1. The highest BCUT2D eigenvalue weighted by Gasteiger charge is 2.09. The van der Waals surface area contributed by atoms with E-state index in [0.29, 0.717) is 10.9 Å². The summed E-state index contributed by atoms with van der Waals surface area (Å²) in [6, 6.07) is 3.67. The maximum Gasteiger partial charge on any atom is 0.335 e. The molecule has 0 saturated heterocycles. The predicted molar refractivity (Wildman–Crippen MR) is 56.3 cm³/mol. The van der Waals surface area contributed by atoms with E-state index in [1.54, 1.807) is 6.07 Å². The topological polar surface area (TPSA) is 121 Å². The number of anilines is 1. The number of amides is 2. The summed E-state index contributed by atoms with van der Waals surface area (Å²) in [5.74, 6) is -0.750. The van der Waals surface area contributed by atoms with Crippen LogP contribution in [0.4, 0.5) is 10.6 Å². The Kier molecular flexibility index (Phi) is 2.20. The second kappa shape index (κ2) is 3.54. The van der Waals surface area contributed by atoms with E-state index in [-0.39, 0.29) is 11.4 Å². The van der Waals surface area contributed by atoms with Gasteiger partial charge in [-0.3, -0.25) is 10.4 Å². The lowest BCUT2D eigenvalue weighted by Crippen LogP contribution is -2.19. The molecule has 2 aromatic rings. The Bertz CT molecular complexity index is 575. The molecule has 0 unspecified atom stereocenters. The van der Waals surface area contributed by atoms with E-state index in [2.05, 4.69) is 15.5 Å². The van der Waals surface area contributed by atoms with Crippen molar-refractivity contribution < 1.29 is 14.7 Å². The van der Waals surface area contributed by atoms with Crippen LogP contribution in [0.25, 0.3) is 10.9 Å². The first-order valence-electron chi connectivity index (χ1n) is 4.36. The van der Waals surface area contributed by atoms with Gasteiger partial charge in [0.1, 0.15) is 0 Å². The first kappa shape index (κ1) is 9.97. The SMILES string of the molecule is NC(=O)Nc1n[nH]c2cc(C(=O)O)ccc12. The van der Waals surface area contributed by atoms with Crippen LogP contribution in [0.5, 0.6) is 0 Å². The van der Waals surface area contributed by atoms with Gasteiger partial charge in [0.2, 0.25) is 0 Å². The minimum Gasteiger partial charge on any atom is -0.478 e. The first-order chi connectivity index (χ1) is 7.58. The highest BCUT2D eigenvalue weighted by atomic mass is 16.4. The van der Waals surface area contributed by atoms with E-state index >= 15 is 0 Å². The van der Waals surface area contributed by atoms with Crippen LogP contribution in [-0.2, 0) is 0 Å². The number of hydrogen-bond acceptors (Lipinski definition) is 3. The van der Waals surface area contributed by atoms with E-state index < -0.39 is 12.0 Å². The minimum absolute atomic E-state index is 0.141. The Balaban J connectivity index is 2.50. The summed E-state index contributed by atoms with van der Waals surface area (Å²) in [5, 5.41) is 18.1. The van der Waals surface area contributed by atoms with Gasteiger partial charge >= 0.3 is 12.0 Å². The lowest BCUT2D eigenvalue weighted by atomic mass is 10.1. The molecule has 0 spiro atoms. The fraction of sp³-hybridized carbons (Fsp3) is 0. The molecule has 0 fully saturated rings. The Morgan fingerprint density at radius 1 is 1.44 bits per heavy atom. The van der Waals surface area contributed by atoms with Crippen LogP contribution in [0.15, 0.2) is 18.2 Å². The molecule has 0 bridgehead atoms. The molecule has 0 saturated carbocycles. The van der Waals surface area contributed by atoms with Crippen molar-refractivity contribution in [2.75, 3.05) is 5.32 Å². The monoisotopic (exact) mass is 220 g/mol. The third kappa shape index (κ3) is 1.65. The number of nitrogens with zero attached hydrogens (tertiary/aromatic N) is 1. The molecular formula is C9H8N4O3. The van der Waals surface area contributed by atoms with Gasteiger partial charge < -0.3 is 10.8 Å². The summed E-state index contributed by atoms with van der Waals surface area (Å²) in [4.78, 5) is 21.4. The van der Waals surface area contributed by atoms with Gasteiger partial charge in [0.05, 0.1) is 11.1 Å². The predicted octanol–water partition coefficient (Wildman–Crippen LogP) is 0.752. The third-order valence-electron chi connectivity index (χ3n) is 2.05. The first-order valence-corrected chi connectivity index (χ1v) is 4.36. The molecule has 82 valence electrons. The van der Waals surface area contributed by atoms with Crippen molar-refractivity contribution in [3.63, 3.8) is 0 Å². The fourth-order valence-corrected chi connectivity index (χ4v) is 1.36. The van der Waals surface area contributed by atoms with Gasteiger partial charge in [-0.1, -0.05) is 0 Å². The normalized spacial score (nSPS) is 10.2. The number of rotatable bonds is 2. The number of hydrogen-bond donors (Lipinski definition) is 4. The van der Waals surface area contributed by atoms with Gasteiger partial charge in [0, 0.05) is 5.39 Å². The summed E-state index contributed by atoms with van der Waals surface area (Å²) >= 11 is 0. The number of carbonyl (C=O) groups is 2. The number of H-pyrrole nitrogens is 1. The lowest BCUT2D eigenvalue weighted by molar-refractivity contribution is 0.0697. The smallest absolute Gasteiger partial charge is 0.335 e. The molecule has 0 aliphatic rings. The molecule has 0 atom stereocenters. The molecule has 1 aromatic heterocycles. The zero-order valence-corrected chi connectivity index (χ0v) is 8.02. The molecule has 7 nitrogen and oxygen atoms in total. The number of aromatic amines is 1. The number of carboxylic acids is 1. The van der Waals surface area contributed by atoms with Crippen molar-refractivity contribution in [3.05, 3.63) is 23.8 Å². The second-order valence-corrected chi connectivity index (χ2v) is 3.13. The highest BCUT2D eigenvalue weighted by Crippen LogP contribution is 2.21. The largest absolute Gasteiger partial charge is 0.478 e. The van der Waals surface area contributed by atoms with Crippen LogP contribution >= 0.6 is 0 Å². The van der Waals surface area contributed by atoms with Crippen molar-refractivity contribution in [1.29, 1.82) is 0 Å². The Labute approximate surface area is 89.2 Å². The number of aromatic carboxylic acids is 1. The fourth-order valence-electron chi connectivity index (χ4n) is 1.36. The summed E-state index contributed by atoms with van der Waals surface area (Å²) in [5.41, 5.74) is 5.61. The maximum absolute atomic E-state index is 10.7. The third-order valence-corrected chi connectivity index (χ3v) is 2.05. The zero-order valence-electron chi connectivity index (χ0n) is 8.02. The van der Waals surface area contributed by atoms with Crippen molar-refractivity contribution in [2.24, 2.45) is 5.73 Å². The van der Waals surface area contributed by atoms with E-state index in [1.807, 2.05) is 0 Å². The van der Waals surface area contributed by atoms with Crippen LogP contribution in [-0.4, -0.2) is 27.3 Å². The summed E-state index contributed by atoms with van der Waals surface area (Å²) in [6.45, 7) is 0. The summed E-state index contributed by atoms with van der Waals surface area (Å²) in [6.07, 6.45) is 0. The molecule has 7 heteroatoms. The van der Waals surface area contributed by atoms with Gasteiger partial charge in [-0.2, -0.15) is 5.10 Å². The molecule has 0 aliphatic carbocycles. The van der Waals surface area contributed by atoms with Gasteiger partial charge in [0.25, 0.3) is 0 Å². The molecule has 16 heavy (non-hydrogen) atoms. The molecule has 0 aliphatic heterocycles. The standard InChI is InChI=1S/C9H8N4O3/c10-9(16)11-7-5-2-1-4(8(14)15)3-6(5)12-13-7/h1-3H,(H,14,15)(H4,10,11,12,13,16). The number of fused-ring (bicyclic) bond motifs is 1. The summed E-state index contributed by atoms with van der Waals surface area (Å²) in [7, 11) is 0. The van der Waals surface area contributed by atoms with Gasteiger partial charge in [-0.25, -0.2) is 9.59 Å². The number of nitrogens with one attached hydrogen (secondary N) is 2. The summed E-state index contributed by atoms with van der Waals surface area (Å²) < 4.78 is 0. The second-order valence-electron chi connectivity index (χ2n) is 3.13. The number of nitrogens with two attached hydrogens (primary N) is 1. The average molecular weight is 220 g/mol. The highest BCUT2D eigenvalue weighted by molar-refractivity contribution is 6.01. The number of primary amides is 1. The average Bonchev–Trinajstić information content (AvgIpc) is 2.60. The van der Waals surface area contributed by atoms with Crippen LogP contribution in [0, 0.1) is 0 Å². The Morgan fingerprint density at radius 3 is 2.81 bits per heavy atom. The van der Waals surface area contributed by atoms with Crippen LogP contribution < -0.4 is 11.1 Å². The molecule has 0 radical (unpaired) electrons. The molecule has 2 rings (SSSR count). The quantitative estimate of drug-likeness (QED) is 0.596. The number of carbonyl (C=O) groups excluding carboxylic acids is 1. The van der Waals surface area contributed by atoms with E-state index in [9.17, 15) is 9.59 Å². The Morgan fingerprint density at radius 2 is 2.19 bits per heavy atom. The van der Waals surface area contributed by atoms with E-state index in [4.69, 9.17) is 10.8 Å². The van der Waals surface area contributed by atoms with Gasteiger partial charge in [0.15, 0.2) is 5.82 Å². The zero-order chi connectivity index (χ0) is 11.7. The van der Waals surface area contributed by atoms with Gasteiger partial charge in [-0.05, 0) is 18.2 Å². The molecular weight excluding hydrogens is 212 g/mol. The maximum atomic E-state index is 10.7. The van der Waals surface area contributed by atoms with Crippen molar-refractivity contribution in [3.8, 4) is 0 Å². The van der Waals surface area contributed by atoms with Crippen LogP contribution in [0.1, 0.15) is 10.4 Å². The number of aromatic nitrogens is 2. The Hall–Kier alpha value is -2.57. The molecule has 1 aromatic carbocycles.